The third kappa shape index (κ3) is 4.75. The lowest BCUT2D eigenvalue weighted by atomic mass is 9.82. The maximum atomic E-state index is 10.4. The van der Waals surface area contributed by atoms with Crippen LogP contribution in [0.4, 0.5) is 0 Å². The topological polar surface area (TPSA) is 95.8 Å². The van der Waals surface area contributed by atoms with Crippen molar-refractivity contribution in [3.8, 4) is 0 Å². The molecule has 15 atom stereocenters. The molecule has 4 aliphatic rings. The van der Waals surface area contributed by atoms with E-state index >= 15 is 0 Å². The number of rotatable bonds is 6. The summed E-state index contributed by atoms with van der Waals surface area (Å²) in [6.45, 7) is 15.1. The summed E-state index contributed by atoms with van der Waals surface area (Å²) in [5, 5.41) is 20.1. The fourth-order valence-electron chi connectivity index (χ4n) is 5.83. The summed E-state index contributed by atoms with van der Waals surface area (Å²) in [4.78, 5) is 0. The Labute approximate surface area is 198 Å². The highest BCUT2D eigenvalue weighted by Gasteiger charge is 2.51. The molecule has 4 rings (SSSR count). The van der Waals surface area contributed by atoms with Gasteiger partial charge >= 0.3 is 0 Å². The summed E-state index contributed by atoms with van der Waals surface area (Å²) in [6, 6.07) is 0. The molecule has 0 aromatic rings. The van der Waals surface area contributed by atoms with Crippen molar-refractivity contribution in [2.75, 3.05) is 13.2 Å². The minimum atomic E-state index is -0.704. The van der Waals surface area contributed by atoms with Crippen LogP contribution < -0.4 is 0 Å². The van der Waals surface area contributed by atoms with Crippen LogP contribution in [0.25, 0.3) is 0 Å². The van der Waals surface area contributed by atoms with Crippen molar-refractivity contribution in [1.82, 2.24) is 0 Å². The first-order chi connectivity index (χ1) is 15.7. The molecule has 4 heterocycles. The summed E-state index contributed by atoms with van der Waals surface area (Å²) in [5.74, 6) is 0.816. The Morgan fingerprint density at radius 3 is 1.94 bits per heavy atom. The first kappa shape index (κ1) is 25.8. The van der Waals surface area contributed by atoms with Crippen molar-refractivity contribution < 1.29 is 38.6 Å². The van der Waals surface area contributed by atoms with E-state index in [9.17, 15) is 10.2 Å². The molecule has 4 fully saturated rings. The molecule has 0 aliphatic carbocycles. The van der Waals surface area contributed by atoms with Crippen molar-refractivity contribution in [3.63, 3.8) is 0 Å². The lowest BCUT2D eigenvalue weighted by Crippen LogP contribution is -2.58. The minimum Gasteiger partial charge on any atom is -0.394 e. The maximum absolute atomic E-state index is 10.4. The van der Waals surface area contributed by atoms with Gasteiger partial charge in [-0.05, 0) is 24.2 Å². The standard InChI is InChI=1S/C25H44O8/c1-8-17-21(32-24-14(5)11(2)20(27)18(9-26)30-24)13(4)16(7)25(29-17)33-22-12(3)15(6)23-28-10-19(22)31-23/h11-27H,8-10H2,1-7H3/t11-,12?,13-,14?,15?,16?,17?,18?,19+,20-,21-,22+,23-,24+,25+/m1/s1. The fraction of sp³-hybridized carbons (Fsp3) is 1.00. The molecule has 6 unspecified atom stereocenters. The normalized spacial score (nSPS) is 55.0. The second kappa shape index (κ2) is 10.3. The second-order valence-corrected chi connectivity index (χ2v) is 10.9. The van der Waals surface area contributed by atoms with E-state index in [1.807, 2.05) is 13.8 Å². The van der Waals surface area contributed by atoms with Crippen LogP contribution in [0.3, 0.4) is 0 Å². The first-order valence-corrected chi connectivity index (χ1v) is 12.9. The van der Waals surface area contributed by atoms with E-state index in [4.69, 9.17) is 28.4 Å². The third-order valence-corrected chi connectivity index (χ3v) is 8.98. The van der Waals surface area contributed by atoms with Crippen molar-refractivity contribution in [1.29, 1.82) is 0 Å². The van der Waals surface area contributed by atoms with E-state index in [0.29, 0.717) is 12.5 Å². The lowest BCUT2D eigenvalue weighted by Gasteiger charge is -2.49. The Morgan fingerprint density at radius 1 is 0.727 bits per heavy atom. The SMILES string of the molecule is CCC1O[C@@H](O[C@H]2C(C)C(C)[C@@H]3OC[C@@H]2O3)C(C)[C@@H](C)[C@H]1O[C@@H]1OC(CO)[C@H](O)[C@H](C)C1C. The van der Waals surface area contributed by atoms with E-state index in [0.717, 1.165) is 6.42 Å². The molecule has 0 aromatic heterocycles. The number of aliphatic hydroxyl groups excluding tert-OH is 2. The van der Waals surface area contributed by atoms with Gasteiger partial charge in [-0.25, -0.2) is 0 Å². The molecule has 33 heavy (non-hydrogen) atoms. The predicted molar refractivity (Wildman–Crippen MR) is 120 cm³/mol. The van der Waals surface area contributed by atoms with Gasteiger partial charge in [0.05, 0.1) is 37.6 Å². The van der Waals surface area contributed by atoms with Gasteiger partial charge in [-0.2, -0.15) is 0 Å². The monoisotopic (exact) mass is 472 g/mol. The molecule has 0 amide bonds. The Bertz CT molecular complexity index is 644. The molecule has 192 valence electrons. The van der Waals surface area contributed by atoms with E-state index in [1.54, 1.807) is 0 Å². The van der Waals surface area contributed by atoms with E-state index < -0.39 is 18.5 Å². The molecule has 8 nitrogen and oxygen atoms in total. The van der Waals surface area contributed by atoms with E-state index in [-0.39, 0.29) is 73.2 Å². The van der Waals surface area contributed by atoms with Gasteiger partial charge in [0.15, 0.2) is 18.9 Å². The molecule has 0 radical (unpaired) electrons. The van der Waals surface area contributed by atoms with Crippen LogP contribution >= 0.6 is 0 Å². The highest BCUT2D eigenvalue weighted by molar-refractivity contribution is 4.93. The van der Waals surface area contributed by atoms with E-state index in [1.165, 1.54) is 0 Å². The summed E-state index contributed by atoms with van der Waals surface area (Å²) < 4.78 is 37.5. The molecule has 0 saturated carbocycles. The lowest BCUT2D eigenvalue weighted by molar-refractivity contribution is -0.342. The molecular formula is C25H44O8. The van der Waals surface area contributed by atoms with Crippen LogP contribution in [0, 0.1) is 35.5 Å². The summed E-state index contributed by atoms with van der Waals surface area (Å²) in [5.41, 5.74) is 0. The van der Waals surface area contributed by atoms with Crippen molar-refractivity contribution in [2.24, 2.45) is 35.5 Å². The van der Waals surface area contributed by atoms with Crippen molar-refractivity contribution in [3.05, 3.63) is 0 Å². The smallest absolute Gasteiger partial charge is 0.161 e. The number of ether oxygens (including phenoxy) is 6. The highest BCUT2D eigenvalue weighted by atomic mass is 16.8. The first-order valence-electron chi connectivity index (χ1n) is 12.9. The number of hydrogen-bond donors (Lipinski definition) is 2. The molecule has 0 spiro atoms. The highest BCUT2D eigenvalue weighted by Crippen LogP contribution is 2.42. The van der Waals surface area contributed by atoms with Crippen LogP contribution in [0.1, 0.15) is 54.9 Å². The van der Waals surface area contributed by atoms with E-state index in [2.05, 4.69) is 34.6 Å². The molecule has 0 aromatic carbocycles. The van der Waals surface area contributed by atoms with Gasteiger partial charge in [-0.3, -0.25) is 0 Å². The number of hydrogen-bond acceptors (Lipinski definition) is 8. The predicted octanol–water partition coefficient (Wildman–Crippen LogP) is 2.54. The quantitative estimate of drug-likeness (QED) is 0.609. The van der Waals surface area contributed by atoms with Gasteiger partial charge in [0, 0.05) is 17.8 Å². The van der Waals surface area contributed by atoms with Gasteiger partial charge in [-0.1, -0.05) is 48.5 Å². The molecule has 8 heteroatoms. The fourth-order valence-corrected chi connectivity index (χ4v) is 5.83. The largest absolute Gasteiger partial charge is 0.394 e. The van der Waals surface area contributed by atoms with Crippen LogP contribution in [0.15, 0.2) is 0 Å². The average Bonchev–Trinajstić information content (AvgIpc) is 3.26. The Balaban J connectivity index is 1.44. The zero-order chi connectivity index (χ0) is 24.0. The van der Waals surface area contributed by atoms with Gasteiger partial charge in [0.2, 0.25) is 0 Å². The molecule has 4 saturated heterocycles. The zero-order valence-corrected chi connectivity index (χ0v) is 21.1. The zero-order valence-electron chi connectivity index (χ0n) is 21.1. The van der Waals surface area contributed by atoms with Crippen LogP contribution in [-0.2, 0) is 28.4 Å². The average molecular weight is 473 g/mol. The second-order valence-electron chi connectivity index (χ2n) is 10.9. The summed E-state index contributed by atoms with van der Waals surface area (Å²) >= 11 is 0. The van der Waals surface area contributed by atoms with Crippen molar-refractivity contribution >= 4 is 0 Å². The van der Waals surface area contributed by atoms with Gasteiger partial charge in [0.25, 0.3) is 0 Å². The molecule has 4 aliphatic heterocycles. The molecule has 2 N–H and O–H groups in total. The molecule has 2 bridgehead atoms. The van der Waals surface area contributed by atoms with Gasteiger partial charge < -0.3 is 38.6 Å². The summed E-state index contributed by atoms with van der Waals surface area (Å²) in [6.07, 6.45) is -1.97. The number of fused-ring (bicyclic) bond motifs is 2. The summed E-state index contributed by atoms with van der Waals surface area (Å²) in [7, 11) is 0. The van der Waals surface area contributed by atoms with Crippen LogP contribution in [-0.4, -0.2) is 78.9 Å². The van der Waals surface area contributed by atoms with Crippen LogP contribution in [0.5, 0.6) is 0 Å². The minimum absolute atomic E-state index is 0.00572. The Kier molecular flexibility index (Phi) is 8.08. The third-order valence-electron chi connectivity index (χ3n) is 8.98. The Hall–Kier alpha value is -0.320. The molecular weight excluding hydrogens is 428 g/mol. The van der Waals surface area contributed by atoms with Crippen LogP contribution in [0.2, 0.25) is 0 Å². The van der Waals surface area contributed by atoms with Gasteiger partial charge in [-0.15, -0.1) is 0 Å². The van der Waals surface area contributed by atoms with Crippen molar-refractivity contribution in [2.45, 2.75) is 110 Å². The van der Waals surface area contributed by atoms with Gasteiger partial charge in [0.1, 0.15) is 12.2 Å². The Morgan fingerprint density at radius 2 is 1.30 bits per heavy atom. The maximum Gasteiger partial charge on any atom is 0.161 e. The number of aliphatic hydroxyl groups is 2.